The Labute approximate surface area is 106 Å². The van der Waals surface area contributed by atoms with E-state index in [1.165, 1.54) is 0 Å². The molecule has 2 rings (SSSR count). The van der Waals surface area contributed by atoms with Gasteiger partial charge in [0.1, 0.15) is 5.82 Å². The number of carbonyl (C=O) groups is 1. The number of pyridine rings is 1. The van der Waals surface area contributed by atoms with Crippen LogP contribution in [0.2, 0.25) is 0 Å². The Morgan fingerprint density at radius 3 is 2.89 bits per heavy atom. The first-order chi connectivity index (χ1) is 8.60. The van der Waals surface area contributed by atoms with E-state index in [1.807, 2.05) is 11.8 Å². The van der Waals surface area contributed by atoms with E-state index in [-0.39, 0.29) is 6.42 Å². The topological polar surface area (TPSA) is 77.2 Å². The third kappa shape index (κ3) is 2.98. The fourth-order valence-electron chi connectivity index (χ4n) is 1.95. The van der Waals surface area contributed by atoms with E-state index in [4.69, 9.17) is 10.4 Å². The van der Waals surface area contributed by atoms with Crippen LogP contribution in [0.3, 0.4) is 0 Å². The number of aliphatic carboxylic acids is 1. The van der Waals surface area contributed by atoms with Crippen LogP contribution in [0.1, 0.15) is 30.5 Å². The van der Waals surface area contributed by atoms with Crippen LogP contribution in [0.4, 0.5) is 5.82 Å². The van der Waals surface area contributed by atoms with Crippen molar-refractivity contribution >= 4 is 11.8 Å². The maximum atomic E-state index is 10.7. The summed E-state index contributed by atoms with van der Waals surface area (Å²) >= 11 is 0. The zero-order chi connectivity index (χ0) is 13.1. The van der Waals surface area contributed by atoms with Crippen LogP contribution in [0.25, 0.3) is 0 Å². The molecule has 5 nitrogen and oxygen atoms in total. The lowest BCUT2D eigenvalue weighted by atomic mass is 10.2. The first-order valence-corrected chi connectivity index (χ1v) is 5.97. The average Bonchev–Trinajstić information content (AvgIpc) is 3.12. The zero-order valence-corrected chi connectivity index (χ0v) is 10.3. The fraction of sp³-hybridized carbons (Fsp3) is 0.462. The summed E-state index contributed by atoms with van der Waals surface area (Å²) in [7, 11) is 0. The Hall–Kier alpha value is -2.09. The van der Waals surface area contributed by atoms with Gasteiger partial charge in [-0.3, -0.25) is 4.79 Å². The highest BCUT2D eigenvalue weighted by molar-refractivity contribution is 5.67. The minimum absolute atomic E-state index is 0.0913. The molecule has 0 saturated heterocycles. The molecule has 0 bridgehead atoms. The molecule has 0 amide bonds. The molecule has 1 aliphatic carbocycles. The number of nitrogens with zero attached hydrogens (tertiary/aromatic N) is 3. The molecule has 0 aliphatic heterocycles. The lowest BCUT2D eigenvalue weighted by Gasteiger charge is -2.23. The molecular formula is C13H15N3O2. The first kappa shape index (κ1) is 12.4. The molecule has 18 heavy (non-hydrogen) atoms. The number of nitriles is 1. The van der Waals surface area contributed by atoms with Crippen LogP contribution in [-0.4, -0.2) is 28.6 Å². The Morgan fingerprint density at radius 1 is 1.61 bits per heavy atom. The molecule has 0 atom stereocenters. The molecule has 94 valence electrons. The normalized spacial score (nSPS) is 14.0. The van der Waals surface area contributed by atoms with Gasteiger partial charge in [-0.2, -0.15) is 5.26 Å². The third-order valence-corrected chi connectivity index (χ3v) is 2.92. The number of carboxylic acids is 1. The van der Waals surface area contributed by atoms with Gasteiger partial charge >= 0.3 is 5.97 Å². The molecular weight excluding hydrogens is 230 g/mol. The second-order valence-corrected chi connectivity index (χ2v) is 4.54. The van der Waals surface area contributed by atoms with Gasteiger partial charge in [-0.1, -0.05) is 0 Å². The Kier molecular flexibility index (Phi) is 3.47. The quantitative estimate of drug-likeness (QED) is 0.854. The number of aryl methyl sites for hydroxylation is 1. The second-order valence-electron chi connectivity index (χ2n) is 4.54. The van der Waals surface area contributed by atoms with Crippen molar-refractivity contribution in [1.82, 2.24) is 4.98 Å². The maximum Gasteiger partial charge on any atom is 0.305 e. The van der Waals surface area contributed by atoms with E-state index < -0.39 is 5.97 Å². The number of hydrogen-bond donors (Lipinski definition) is 1. The van der Waals surface area contributed by atoms with Crippen LogP contribution in [0.15, 0.2) is 12.1 Å². The summed E-state index contributed by atoms with van der Waals surface area (Å²) in [5.74, 6) is -0.0934. The van der Waals surface area contributed by atoms with Crippen molar-refractivity contribution in [2.75, 3.05) is 11.4 Å². The number of hydrogen-bond acceptors (Lipinski definition) is 4. The molecule has 1 aliphatic rings. The van der Waals surface area contributed by atoms with Gasteiger partial charge < -0.3 is 10.0 Å². The number of anilines is 1. The van der Waals surface area contributed by atoms with E-state index >= 15 is 0 Å². The molecule has 1 aromatic rings. The van der Waals surface area contributed by atoms with Gasteiger partial charge in [0.2, 0.25) is 0 Å². The van der Waals surface area contributed by atoms with E-state index in [0.717, 1.165) is 24.4 Å². The summed E-state index contributed by atoms with van der Waals surface area (Å²) in [6.45, 7) is 2.29. The van der Waals surface area contributed by atoms with Gasteiger partial charge in [0.15, 0.2) is 0 Å². The van der Waals surface area contributed by atoms with Crippen molar-refractivity contribution in [1.29, 1.82) is 5.26 Å². The zero-order valence-electron chi connectivity index (χ0n) is 10.3. The van der Waals surface area contributed by atoms with E-state index in [2.05, 4.69) is 11.1 Å². The Balaban J connectivity index is 2.22. The van der Waals surface area contributed by atoms with Crippen molar-refractivity contribution in [3.63, 3.8) is 0 Å². The van der Waals surface area contributed by atoms with Crippen LogP contribution in [0.5, 0.6) is 0 Å². The lowest BCUT2D eigenvalue weighted by Crippen LogP contribution is -2.29. The van der Waals surface area contributed by atoms with Crippen molar-refractivity contribution in [2.24, 2.45) is 0 Å². The standard InChI is InChI=1S/C13H15N3O2/c1-9-6-10(8-14)7-12(15-9)16(11-2-3-11)5-4-13(17)18/h6-7,11H,2-5H2,1H3,(H,17,18). The van der Waals surface area contributed by atoms with Gasteiger partial charge in [-0.15, -0.1) is 0 Å². The maximum absolute atomic E-state index is 10.7. The van der Waals surface area contributed by atoms with Crippen LogP contribution in [-0.2, 0) is 4.79 Å². The fourth-order valence-corrected chi connectivity index (χ4v) is 1.95. The predicted octanol–water partition coefficient (Wildman–Crippen LogP) is 1.71. The summed E-state index contributed by atoms with van der Waals surface area (Å²) in [4.78, 5) is 17.1. The van der Waals surface area contributed by atoms with Crippen molar-refractivity contribution in [2.45, 2.75) is 32.2 Å². The number of aromatic nitrogens is 1. The van der Waals surface area contributed by atoms with Crippen LogP contribution >= 0.6 is 0 Å². The second kappa shape index (κ2) is 5.05. The largest absolute Gasteiger partial charge is 0.481 e. The van der Waals surface area contributed by atoms with Gasteiger partial charge in [-0.25, -0.2) is 4.98 Å². The van der Waals surface area contributed by atoms with Gasteiger partial charge in [-0.05, 0) is 31.9 Å². The monoisotopic (exact) mass is 245 g/mol. The highest BCUT2D eigenvalue weighted by Gasteiger charge is 2.30. The molecule has 1 saturated carbocycles. The number of carboxylic acid groups (broad SMARTS) is 1. The summed E-state index contributed by atoms with van der Waals surface area (Å²) in [5, 5.41) is 17.7. The van der Waals surface area contributed by atoms with Crippen molar-refractivity contribution < 1.29 is 9.90 Å². The predicted molar refractivity (Wildman–Crippen MR) is 66.3 cm³/mol. The van der Waals surface area contributed by atoms with E-state index in [1.54, 1.807) is 12.1 Å². The van der Waals surface area contributed by atoms with E-state index in [0.29, 0.717) is 18.2 Å². The minimum atomic E-state index is -0.811. The molecule has 5 heteroatoms. The third-order valence-electron chi connectivity index (χ3n) is 2.92. The summed E-state index contributed by atoms with van der Waals surface area (Å²) in [5.41, 5.74) is 1.35. The average molecular weight is 245 g/mol. The summed E-state index contributed by atoms with van der Waals surface area (Å²) in [6, 6.07) is 5.94. The Bertz CT molecular complexity index is 503. The van der Waals surface area contributed by atoms with Crippen molar-refractivity contribution in [3.05, 3.63) is 23.4 Å². The molecule has 0 spiro atoms. The minimum Gasteiger partial charge on any atom is -0.481 e. The highest BCUT2D eigenvalue weighted by atomic mass is 16.4. The lowest BCUT2D eigenvalue weighted by molar-refractivity contribution is -0.136. The van der Waals surface area contributed by atoms with Crippen molar-refractivity contribution in [3.8, 4) is 6.07 Å². The first-order valence-electron chi connectivity index (χ1n) is 5.97. The summed E-state index contributed by atoms with van der Waals surface area (Å²) < 4.78 is 0. The molecule has 1 heterocycles. The van der Waals surface area contributed by atoms with Crippen LogP contribution < -0.4 is 4.90 Å². The molecule has 1 aromatic heterocycles. The Morgan fingerprint density at radius 2 is 2.33 bits per heavy atom. The van der Waals surface area contributed by atoms with Gasteiger partial charge in [0.25, 0.3) is 0 Å². The SMILES string of the molecule is Cc1cc(C#N)cc(N(CCC(=O)O)C2CC2)n1. The highest BCUT2D eigenvalue weighted by Crippen LogP contribution is 2.31. The molecule has 0 radical (unpaired) electrons. The van der Waals surface area contributed by atoms with Crippen LogP contribution in [0, 0.1) is 18.3 Å². The molecule has 1 fully saturated rings. The smallest absolute Gasteiger partial charge is 0.305 e. The molecule has 0 aromatic carbocycles. The van der Waals surface area contributed by atoms with E-state index in [9.17, 15) is 4.79 Å². The molecule has 1 N–H and O–H groups in total. The number of rotatable bonds is 5. The summed E-state index contributed by atoms with van der Waals surface area (Å²) in [6.07, 6.45) is 2.22. The molecule has 0 unspecified atom stereocenters. The van der Waals surface area contributed by atoms with Gasteiger partial charge in [0, 0.05) is 18.3 Å². The van der Waals surface area contributed by atoms with Gasteiger partial charge in [0.05, 0.1) is 18.1 Å².